The van der Waals surface area contributed by atoms with Crippen molar-refractivity contribution in [2.75, 3.05) is 26.3 Å². The van der Waals surface area contributed by atoms with Gasteiger partial charge in [-0.2, -0.15) is 0 Å². The van der Waals surface area contributed by atoms with Gasteiger partial charge in [-0.1, -0.05) is 6.92 Å². The summed E-state index contributed by atoms with van der Waals surface area (Å²) in [6.45, 7) is 2.97. The predicted molar refractivity (Wildman–Crippen MR) is 53.2 cm³/mol. The molecule has 15 heavy (non-hydrogen) atoms. The summed E-state index contributed by atoms with van der Waals surface area (Å²) in [4.78, 5) is 10.7. The first-order valence-corrected chi connectivity index (χ1v) is 5.05. The minimum atomic E-state index is -1.02. The lowest BCUT2D eigenvalue weighted by Crippen LogP contribution is -2.21. The first-order chi connectivity index (χ1) is 7.16. The van der Waals surface area contributed by atoms with Crippen LogP contribution in [0.1, 0.15) is 13.3 Å². The van der Waals surface area contributed by atoms with E-state index in [9.17, 15) is 9.18 Å². The maximum atomic E-state index is 13.5. The topological polar surface area (TPSA) is 58.6 Å². The zero-order chi connectivity index (χ0) is 11.3. The first-order valence-electron chi connectivity index (χ1n) is 5.05. The molecular weight excluding hydrogens is 201 g/mol. The van der Waals surface area contributed by atoms with Gasteiger partial charge in [0, 0.05) is 12.1 Å². The van der Waals surface area contributed by atoms with Gasteiger partial charge in [0.15, 0.2) is 0 Å². The lowest BCUT2D eigenvalue weighted by atomic mass is 10.0. The van der Waals surface area contributed by atoms with Crippen LogP contribution >= 0.6 is 0 Å². The molecule has 0 aliphatic carbocycles. The van der Waals surface area contributed by atoms with Crippen molar-refractivity contribution < 1.29 is 19.0 Å². The molecule has 0 saturated carbocycles. The second-order valence-corrected chi connectivity index (χ2v) is 3.51. The fourth-order valence-electron chi connectivity index (χ4n) is 1.46. The molecule has 1 unspecified atom stereocenters. The third-order valence-electron chi connectivity index (χ3n) is 2.32. The molecule has 1 fully saturated rings. The summed E-state index contributed by atoms with van der Waals surface area (Å²) in [5.41, 5.74) is 0.270. The van der Waals surface area contributed by atoms with Crippen molar-refractivity contribution in [2.24, 2.45) is 5.92 Å². The van der Waals surface area contributed by atoms with E-state index in [1.807, 2.05) is 6.92 Å². The van der Waals surface area contributed by atoms with E-state index in [0.717, 1.165) is 13.0 Å². The third kappa shape index (κ3) is 3.28. The Morgan fingerprint density at radius 1 is 1.73 bits per heavy atom. The van der Waals surface area contributed by atoms with Gasteiger partial charge in [-0.05, 0) is 13.0 Å². The Hall–Kier alpha value is -0.940. The molecule has 1 saturated heterocycles. The van der Waals surface area contributed by atoms with E-state index in [1.165, 1.54) is 0 Å². The second kappa shape index (κ2) is 5.82. The van der Waals surface area contributed by atoms with Crippen LogP contribution in [0.3, 0.4) is 0 Å². The van der Waals surface area contributed by atoms with Crippen LogP contribution in [0.15, 0.2) is 11.4 Å². The summed E-state index contributed by atoms with van der Waals surface area (Å²) in [7, 11) is 0. The molecule has 5 heteroatoms. The quantitative estimate of drug-likeness (QED) is 0.673. The fraction of sp³-hybridized carbons (Fsp3) is 0.700. The monoisotopic (exact) mass is 217 g/mol. The molecule has 0 bridgehead atoms. The molecule has 0 amide bonds. The van der Waals surface area contributed by atoms with Crippen molar-refractivity contribution in [3.05, 3.63) is 11.4 Å². The molecule has 0 aromatic rings. The first kappa shape index (κ1) is 12.1. The van der Waals surface area contributed by atoms with Crippen LogP contribution in [-0.2, 0) is 9.53 Å². The van der Waals surface area contributed by atoms with Crippen LogP contribution in [0, 0.1) is 5.92 Å². The number of carboxylic acid groups (broad SMARTS) is 1. The lowest BCUT2D eigenvalue weighted by molar-refractivity contribution is -0.140. The molecule has 1 atom stereocenters. The Kier molecular flexibility index (Phi) is 4.71. The number of halogens is 1. The highest BCUT2D eigenvalue weighted by molar-refractivity contribution is 5.74. The summed E-state index contributed by atoms with van der Waals surface area (Å²) >= 11 is 0. The van der Waals surface area contributed by atoms with Crippen LogP contribution in [0.4, 0.5) is 4.39 Å². The Morgan fingerprint density at radius 2 is 2.47 bits per heavy atom. The van der Waals surface area contributed by atoms with E-state index < -0.39 is 17.7 Å². The lowest BCUT2D eigenvalue weighted by Gasteiger charge is -2.07. The second-order valence-electron chi connectivity index (χ2n) is 3.51. The zero-order valence-corrected chi connectivity index (χ0v) is 8.75. The van der Waals surface area contributed by atoms with Crippen molar-refractivity contribution >= 4 is 5.97 Å². The van der Waals surface area contributed by atoms with Gasteiger partial charge in [-0.15, -0.1) is 0 Å². The highest BCUT2D eigenvalue weighted by Gasteiger charge is 2.31. The number of carbonyl (C=O) groups is 1. The molecule has 1 heterocycles. The summed E-state index contributed by atoms with van der Waals surface area (Å²) in [5.74, 6) is -2.23. The molecule has 1 rings (SSSR count). The summed E-state index contributed by atoms with van der Waals surface area (Å²) in [5, 5.41) is 11.7. The van der Waals surface area contributed by atoms with E-state index in [4.69, 9.17) is 9.84 Å². The molecule has 4 nitrogen and oxygen atoms in total. The van der Waals surface area contributed by atoms with Crippen LogP contribution < -0.4 is 5.32 Å². The maximum Gasteiger partial charge on any atom is 0.313 e. The van der Waals surface area contributed by atoms with Crippen LogP contribution in [0.2, 0.25) is 0 Å². The molecule has 0 spiro atoms. The van der Waals surface area contributed by atoms with Gasteiger partial charge in [0.25, 0.3) is 0 Å². The van der Waals surface area contributed by atoms with E-state index in [2.05, 4.69) is 5.32 Å². The van der Waals surface area contributed by atoms with Crippen molar-refractivity contribution in [1.82, 2.24) is 5.32 Å². The Morgan fingerprint density at radius 3 is 3.07 bits per heavy atom. The van der Waals surface area contributed by atoms with Crippen LogP contribution in [0.5, 0.6) is 0 Å². The SMILES string of the molecule is CCCNC/C(F)=C1\COCC1C(=O)O. The molecule has 1 aliphatic rings. The molecule has 86 valence electrons. The van der Waals surface area contributed by atoms with Crippen molar-refractivity contribution in [3.63, 3.8) is 0 Å². The minimum Gasteiger partial charge on any atom is -0.481 e. The highest BCUT2D eigenvalue weighted by atomic mass is 19.1. The Balaban J connectivity index is 2.57. The number of hydrogen-bond acceptors (Lipinski definition) is 3. The number of rotatable bonds is 5. The zero-order valence-electron chi connectivity index (χ0n) is 8.75. The normalized spacial score (nSPS) is 24.3. The molecule has 0 aromatic heterocycles. The fourth-order valence-corrected chi connectivity index (χ4v) is 1.46. The number of ether oxygens (including phenoxy) is 1. The summed E-state index contributed by atoms with van der Waals surface area (Å²) in [6.07, 6.45) is 0.918. The smallest absolute Gasteiger partial charge is 0.313 e. The molecular formula is C10H16FNO3. The Labute approximate surface area is 88.1 Å². The predicted octanol–water partition coefficient (Wildman–Crippen LogP) is 0.941. The number of aliphatic carboxylic acids is 1. The van der Waals surface area contributed by atoms with Gasteiger partial charge < -0.3 is 15.2 Å². The van der Waals surface area contributed by atoms with E-state index >= 15 is 0 Å². The summed E-state index contributed by atoms with van der Waals surface area (Å²) < 4.78 is 18.5. The minimum absolute atomic E-state index is 0.0753. The maximum absolute atomic E-state index is 13.5. The number of carboxylic acids is 1. The van der Waals surface area contributed by atoms with Gasteiger partial charge in [-0.3, -0.25) is 4.79 Å². The molecule has 2 N–H and O–H groups in total. The van der Waals surface area contributed by atoms with Gasteiger partial charge in [0.05, 0.1) is 13.2 Å². The van der Waals surface area contributed by atoms with E-state index in [-0.39, 0.29) is 25.3 Å². The number of nitrogens with one attached hydrogen (secondary N) is 1. The third-order valence-corrected chi connectivity index (χ3v) is 2.32. The average Bonchev–Trinajstić information content (AvgIpc) is 2.66. The largest absolute Gasteiger partial charge is 0.481 e. The Bertz CT molecular complexity index is 265. The van der Waals surface area contributed by atoms with Gasteiger partial charge in [0.2, 0.25) is 0 Å². The van der Waals surface area contributed by atoms with Crippen molar-refractivity contribution in [2.45, 2.75) is 13.3 Å². The van der Waals surface area contributed by atoms with E-state index in [1.54, 1.807) is 0 Å². The van der Waals surface area contributed by atoms with Gasteiger partial charge in [0.1, 0.15) is 11.7 Å². The average molecular weight is 217 g/mol. The molecule has 0 aromatic carbocycles. The molecule has 0 radical (unpaired) electrons. The molecule has 1 aliphatic heterocycles. The number of hydrogen-bond donors (Lipinski definition) is 2. The van der Waals surface area contributed by atoms with Crippen LogP contribution in [-0.4, -0.2) is 37.4 Å². The van der Waals surface area contributed by atoms with Crippen molar-refractivity contribution in [1.29, 1.82) is 0 Å². The highest BCUT2D eigenvalue weighted by Crippen LogP contribution is 2.23. The standard InChI is InChI=1S/C10H16FNO3/c1-2-3-12-4-9(11)7-5-15-6-8(7)10(13)14/h8,12H,2-6H2,1H3,(H,13,14)/b9-7-. The van der Waals surface area contributed by atoms with Crippen LogP contribution in [0.25, 0.3) is 0 Å². The van der Waals surface area contributed by atoms with Gasteiger partial charge in [-0.25, -0.2) is 4.39 Å². The van der Waals surface area contributed by atoms with Crippen molar-refractivity contribution in [3.8, 4) is 0 Å². The van der Waals surface area contributed by atoms with Gasteiger partial charge >= 0.3 is 5.97 Å². The van der Waals surface area contributed by atoms with E-state index in [0.29, 0.717) is 0 Å². The summed E-state index contributed by atoms with van der Waals surface area (Å²) in [6, 6.07) is 0.